The van der Waals surface area contributed by atoms with E-state index in [0.29, 0.717) is 13.2 Å². The minimum atomic E-state index is -0.128. The van der Waals surface area contributed by atoms with E-state index in [1.807, 2.05) is 32.0 Å². The molecule has 0 spiro atoms. The Balaban J connectivity index is 2.32. The van der Waals surface area contributed by atoms with Crippen molar-refractivity contribution in [3.63, 3.8) is 0 Å². The lowest BCUT2D eigenvalue weighted by molar-refractivity contribution is 0.287. The lowest BCUT2D eigenvalue weighted by atomic mass is 10.0. The molecule has 2 aromatic rings. The average Bonchev–Trinajstić information content (AvgIpc) is 2.80. The molecule has 21 heavy (non-hydrogen) atoms. The SMILES string of the molecule is CCOc1ccc(C(N)c2cc(C)c(C)s2)cc1OCC. The summed E-state index contributed by atoms with van der Waals surface area (Å²) in [4.78, 5) is 2.49. The summed E-state index contributed by atoms with van der Waals surface area (Å²) in [7, 11) is 0. The summed E-state index contributed by atoms with van der Waals surface area (Å²) in [6.45, 7) is 9.40. The molecule has 0 saturated heterocycles. The van der Waals surface area contributed by atoms with Gasteiger partial charge in [-0.25, -0.2) is 0 Å². The summed E-state index contributed by atoms with van der Waals surface area (Å²) in [5.74, 6) is 1.53. The van der Waals surface area contributed by atoms with Crippen molar-refractivity contribution in [3.8, 4) is 11.5 Å². The maximum atomic E-state index is 6.40. The van der Waals surface area contributed by atoms with Crippen LogP contribution in [0, 0.1) is 13.8 Å². The minimum Gasteiger partial charge on any atom is -0.490 e. The Labute approximate surface area is 130 Å². The third-order valence-electron chi connectivity index (χ3n) is 3.42. The number of aryl methyl sites for hydroxylation is 2. The first-order valence-electron chi connectivity index (χ1n) is 7.28. The van der Waals surface area contributed by atoms with Crippen LogP contribution in [0.2, 0.25) is 0 Å². The first-order chi connectivity index (χ1) is 10.1. The van der Waals surface area contributed by atoms with Gasteiger partial charge in [-0.2, -0.15) is 0 Å². The molecule has 0 aliphatic rings. The summed E-state index contributed by atoms with van der Waals surface area (Å²) in [6, 6.07) is 7.99. The fourth-order valence-corrected chi connectivity index (χ4v) is 3.25. The van der Waals surface area contributed by atoms with Crippen LogP contribution < -0.4 is 15.2 Å². The first-order valence-corrected chi connectivity index (χ1v) is 8.10. The van der Waals surface area contributed by atoms with Crippen LogP contribution in [0.15, 0.2) is 24.3 Å². The van der Waals surface area contributed by atoms with Crippen molar-refractivity contribution in [2.75, 3.05) is 13.2 Å². The molecule has 0 amide bonds. The molecule has 0 saturated carbocycles. The Bertz CT molecular complexity index is 587. The number of thiophene rings is 1. The highest BCUT2D eigenvalue weighted by Gasteiger charge is 2.15. The number of ether oxygens (including phenoxy) is 2. The minimum absolute atomic E-state index is 0.128. The van der Waals surface area contributed by atoms with E-state index in [1.165, 1.54) is 15.3 Å². The van der Waals surface area contributed by atoms with Gasteiger partial charge in [-0.1, -0.05) is 6.07 Å². The van der Waals surface area contributed by atoms with Gasteiger partial charge in [0, 0.05) is 9.75 Å². The molecule has 3 nitrogen and oxygen atoms in total. The summed E-state index contributed by atoms with van der Waals surface area (Å²) in [5.41, 5.74) is 8.74. The highest BCUT2D eigenvalue weighted by atomic mass is 32.1. The van der Waals surface area contributed by atoms with Crippen molar-refractivity contribution in [1.82, 2.24) is 0 Å². The molecule has 0 aliphatic carbocycles. The zero-order valence-corrected chi connectivity index (χ0v) is 13.9. The molecule has 0 radical (unpaired) electrons. The fourth-order valence-electron chi connectivity index (χ4n) is 2.18. The molecule has 1 aromatic carbocycles. The van der Waals surface area contributed by atoms with Gasteiger partial charge in [0.1, 0.15) is 0 Å². The maximum Gasteiger partial charge on any atom is 0.161 e. The largest absolute Gasteiger partial charge is 0.490 e. The van der Waals surface area contributed by atoms with Crippen LogP contribution in [0.5, 0.6) is 11.5 Å². The second-order valence-electron chi connectivity index (χ2n) is 4.94. The topological polar surface area (TPSA) is 44.5 Å². The molecular formula is C17H23NO2S. The second-order valence-corrected chi connectivity index (χ2v) is 6.23. The van der Waals surface area contributed by atoms with Crippen molar-refractivity contribution in [2.24, 2.45) is 5.73 Å². The monoisotopic (exact) mass is 305 g/mol. The molecule has 1 aromatic heterocycles. The molecule has 2 N–H and O–H groups in total. The summed E-state index contributed by atoms with van der Waals surface area (Å²) < 4.78 is 11.3. The zero-order valence-electron chi connectivity index (χ0n) is 13.1. The Morgan fingerprint density at radius 3 is 2.29 bits per heavy atom. The smallest absolute Gasteiger partial charge is 0.161 e. The summed E-state index contributed by atoms with van der Waals surface area (Å²) >= 11 is 1.75. The van der Waals surface area contributed by atoms with Crippen LogP contribution in [0.25, 0.3) is 0 Å². The van der Waals surface area contributed by atoms with E-state index in [4.69, 9.17) is 15.2 Å². The van der Waals surface area contributed by atoms with Crippen molar-refractivity contribution in [1.29, 1.82) is 0 Å². The maximum absolute atomic E-state index is 6.40. The van der Waals surface area contributed by atoms with Crippen molar-refractivity contribution in [2.45, 2.75) is 33.7 Å². The van der Waals surface area contributed by atoms with Gasteiger partial charge in [-0.3, -0.25) is 0 Å². The Morgan fingerprint density at radius 2 is 1.71 bits per heavy atom. The third-order valence-corrected chi connectivity index (χ3v) is 4.65. The molecule has 0 aliphatic heterocycles. The molecule has 2 rings (SSSR count). The molecular weight excluding hydrogens is 282 g/mol. The van der Waals surface area contributed by atoms with Gasteiger partial charge in [0.05, 0.1) is 19.3 Å². The van der Waals surface area contributed by atoms with Crippen LogP contribution in [0.3, 0.4) is 0 Å². The van der Waals surface area contributed by atoms with E-state index < -0.39 is 0 Å². The Morgan fingerprint density at radius 1 is 1.05 bits per heavy atom. The van der Waals surface area contributed by atoms with Crippen LogP contribution in [0.1, 0.15) is 40.8 Å². The van der Waals surface area contributed by atoms with Gasteiger partial charge in [-0.05, 0) is 57.0 Å². The predicted octanol–water partition coefficient (Wildman–Crippen LogP) is 4.21. The molecule has 1 heterocycles. The third kappa shape index (κ3) is 3.57. The van der Waals surface area contributed by atoms with Crippen LogP contribution >= 0.6 is 11.3 Å². The highest BCUT2D eigenvalue weighted by molar-refractivity contribution is 7.12. The highest BCUT2D eigenvalue weighted by Crippen LogP contribution is 2.34. The van der Waals surface area contributed by atoms with E-state index in [0.717, 1.165) is 17.1 Å². The van der Waals surface area contributed by atoms with E-state index >= 15 is 0 Å². The van der Waals surface area contributed by atoms with Crippen LogP contribution in [-0.4, -0.2) is 13.2 Å². The standard InChI is InChI=1S/C17H23NO2S/c1-5-19-14-8-7-13(10-15(14)20-6-2)17(18)16-9-11(3)12(4)21-16/h7-10,17H,5-6,18H2,1-4H3. The van der Waals surface area contributed by atoms with Crippen molar-refractivity contribution >= 4 is 11.3 Å². The van der Waals surface area contributed by atoms with E-state index in [2.05, 4.69) is 19.9 Å². The quantitative estimate of drug-likeness (QED) is 0.869. The number of nitrogens with two attached hydrogens (primary N) is 1. The van der Waals surface area contributed by atoms with E-state index in [1.54, 1.807) is 11.3 Å². The summed E-state index contributed by atoms with van der Waals surface area (Å²) in [6.07, 6.45) is 0. The van der Waals surface area contributed by atoms with Gasteiger partial charge in [0.15, 0.2) is 11.5 Å². The predicted molar refractivity (Wildman–Crippen MR) is 88.6 cm³/mol. The van der Waals surface area contributed by atoms with Crippen LogP contribution in [0.4, 0.5) is 0 Å². The van der Waals surface area contributed by atoms with Gasteiger partial charge in [-0.15, -0.1) is 11.3 Å². The molecule has 1 unspecified atom stereocenters. The molecule has 1 atom stereocenters. The van der Waals surface area contributed by atoms with Gasteiger partial charge in [0.25, 0.3) is 0 Å². The van der Waals surface area contributed by atoms with Gasteiger partial charge < -0.3 is 15.2 Å². The second kappa shape index (κ2) is 6.96. The normalized spacial score (nSPS) is 12.2. The van der Waals surface area contributed by atoms with Gasteiger partial charge in [0.2, 0.25) is 0 Å². The lowest BCUT2D eigenvalue weighted by Gasteiger charge is -2.15. The fraction of sp³-hybridized carbons (Fsp3) is 0.412. The zero-order chi connectivity index (χ0) is 15.4. The molecule has 4 heteroatoms. The van der Waals surface area contributed by atoms with Crippen molar-refractivity contribution in [3.05, 3.63) is 45.1 Å². The number of hydrogen-bond acceptors (Lipinski definition) is 4. The Hall–Kier alpha value is -1.52. The average molecular weight is 305 g/mol. The lowest BCUT2D eigenvalue weighted by Crippen LogP contribution is -2.11. The molecule has 114 valence electrons. The van der Waals surface area contributed by atoms with E-state index in [9.17, 15) is 0 Å². The van der Waals surface area contributed by atoms with Crippen molar-refractivity contribution < 1.29 is 9.47 Å². The van der Waals surface area contributed by atoms with Crippen LogP contribution in [-0.2, 0) is 0 Å². The number of rotatable bonds is 6. The molecule has 0 fully saturated rings. The number of hydrogen-bond donors (Lipinski definition) is 1. The molecule has 0 bridgehead atoms. The summed E-state index contributed by atoms with van der Waals surface area (Å²) in [5, 5.41) is 0. The van der Waals surface area contributed by atoms with E-state index in [-0.39, 0.29) is 6.04 Å². The first kappa shape index (κ1) is 15.9. The number of benzene rings is 1. The van der Waals surface area contributed by atoms with Gasteiger partial charge >= 0.3 is 0 Å². The Kier molecular flexibility index (Phi) is 5.26.